The number of rotatable bonds is 4. The van der Waals surface area contributed by atoms with Crippen molar-refractivity contribution in [3.8, 4) is 11.3 Å². The van der Waals surface area contributed by atoms with Crippen molar-refractivity contribution in [2.45, 2.75) is 20.3 Å². The van der Waals surface area contributed by atoms with E-state index in [1.54, 1.807) is 12.4 Å². The third kappa shape index (κ3) is 2.78. The predicted octanol–water partition coefficient (Wildman–Crippen LogP) is 2.67. The Morgan fingerprint density at radius 1 is 1.18 bits per heavy atom. The lowest BCUT2D eigenvalue weighted by Crippen LogP contribution is -2.04. The Morgan fingerprint density at radius 2 is 2.00 bits per heavy atom. The van der Waals surface area contributed by atoms with E-state index in [-0.39, 0.29) is 0 Å². The van der Waals surface area contributed by atoms with Gasteiger partial charge in [0.05, 0.1) is 0 Å². The second-order valence-electron chi connectivity index (χ2n) is 3.93. The fraction of sp³-hybridized carbons (Fsp3) is 0.308. The first-order chi connectivity index (χ1) is 8.31. The van der Waals surface area contributed by atoms with E-state index in [2.05, 4.69) is 33.3 Å². The van der Waals surface area contributed by atoms with Gasteiger partial charge in [0.1, 0.15) is 5.69 Å². The summed E-state index contributed by atoms with van der Waals surface area (Å²) in [4.78, 5) is 12.9. The standard InChI is InChI=1S/C13H16N4/c1-3-4-16-13-12(15-5-6-17-13)11-7-10(2)8-14-9-11/h5-9H,3-4H2,1-2H3,(H,16,17). The molecule has 0 aliphatic rings. The van der Waals surface area contributed by atoms with Crippen molar-refractivity contribution in [2.24, 2.45) is 0 Å². The summed E-state index contributed by atoms with van der Waals surface area (Å²) in [7, 11) is 0. The van der Waals surface area contributed by atoms with Gasteiger partial charge in [0.25, 0.3) is 0 Å². The Balaban J connectivity index is 2.37. The molecule has 2 rings (SSSR count). The van der Waals surface area contributed by atoms with Crippen LogP contribution in [-0.4, -0.2) is 21.5 Å². The quantitative estimate of drug-likeness (QED) is 0.874. The number of anilines is 1. The summed E-state index contributed by atoms with van der Waals surface area (Å²) >= 11 is 0. The summed E-state index contributed by atoms with van der Waals surface area (Å²) in [5, 5.41) is 3.28. The molecule has 0 spiro atoms. The van der Waals surface area contributed by atoms with Gasteiger partial charge < -0.3 is 5.32 Å². The molecule has 0 aromatic carbocycles. The number of aromatic nitrogens is 3. The Kier molecular flexibility index (Phi) is 3.65. The van der Waals surface area contributed by atoms with Gasteiger partial charge in [-0.1, -0.05) is 6.92 Å². The zero-order chi connectivity index (χ0) is 12.1. The second-order valence-corrected chi connectivity index (χ2v) is 3.93. The van der Waals surface area contributed by atoms with Crippen LogP contribution in [0.25, 0.3) is 11.3 Å². The molecule has 88 valence electrons. The Bertz CT molecular complexity index is 496. The smallest absolute Gasteiger partial charge is 0.152 e. The van der Waals surface area contributed by atoms with Crippen molar-refractivity contribution < 1.29 is 0 Å². The van der Waals surface area contributed by atoms with E-state index >= 15 is 0 Å². The van der Waals surface area contributed by atoms with Gasteiger partial charge in [-0.15, -0.1) is 0 Å². The molecule has 0 radical (unpaired) electrons. The summed E-state index contributed by atoms with van der Waals surface area (Å²) < 4.78 is 0. The van der Waals surface area contributed by atoms with Crippen LogP contribution in [0.2, 0.25) is 0 Å². The van der Waals surface area contributed by atoms with Crippen LogP contribution in [-0.2, 0) is 0 Å². The lowest BCUT2D eigenvalue weighted by Gasteiger charge is -2.09. The van der Waals surface area contributed by atoms with E-state index < -0.39 is 0 Å². The van der Waals surface area contributed by atoms with Crippen LogP contribution in [0.5, 0.6) is 0 Å². The van der Waals surface area contributed by atoms with Crippen LogP contribution >= 0.6 is 0 Å². The van der Waals surface area contributed by atoms with E-state index in [1.165, 1.54) is 0 Å². The molecule has 2 heterocycles. The Hall–Kier alpha value is -1.97. The molecule has 0 fully saturated rings. The number of pyridine rings is 1. The molecule has 4 heteroatoms. The van der Waals surface area contributed by atoms with Crippen LogP contribution < -0.4 is 5.32 Å². The monoisotopic (exact) mass is 228 g/mol. The minimum Gasteiger partial charge on any atom is -0.368 e. The van der Waals surface area contributed by atoms with Gasteiger partial charge in [0.15, 0.2) is 5.82 Å². The van der Waals surface area contributed by atoms with E-state index in [0.717, 1.165) is 35.6 Å². The molecule has 2 aromatic heterocycles. The summed E-state index contributed by atoms with van der Waals surface area (Å²) in [5.41, 5.74) is 2.98. The summed E-state index contributed by atoms with van der Waals surface area (Å²) in [5.74, 6) is 0.821. The first kappa shape index (κ1) is 11.5. The highest BCUT2D eigenvalue weighted by Crippen LogP contribution is 2.23. The predicted molar refractivity (Wildman–Crippen MR) is 68.8 cm³/mol. The van der Waals surface area contributed by atoms with E-state index in [0.29, 0.717) is 0 Å². The topological polar surface area (TPSA) is 50.7 Å². The number of aryl methyl sites for hydroxylation is 1. The van der Waals surface area contributed by atoms with Crippen molar-refractivity contribution in [1.82, 2.24) is 15.0 Å². The van der Waals surface area contributed by atoms with Crippen LogP contribution in [0, 0.1) is 6.92 Å². The first-order valence-corrected chi connectivity index (χ1v) is 5.78. The molecule has 17 heavy (non-hydrogen) atoms. The zero-order valence-electron chi connectivity index (χ0n) is 10.1. The average Bonchev–Trinajstić information content (AvgIpc) is 2.37. The largest absolute Gasteiger partial charge is 0.368 e. The second kappa shape index (κ2) is 5.39. The molecule has 0 saturated heterocycles. The van der Waals surface area contributed by atoms with Gasteiger partial charge in [0, 0.05) is 36.9 Å². The lowest BCUT2D eigenvalue weighted by molar-refractivity contribution is 0.965. The summed E-state index contributed by atoms with van der Waals surface area (Å²) in [6.45, 7) is 5.04. The molecule has 0 bridgehead atoms. The zero-order valence-corrected chi connectivity index (χ0v) is 10.1. The van der Waals surface area contributed by atoms with E-state index in [1.807, 2.05) is 19.3 Å². The highest BCUT2D eigenvalue weighted by atomic mass is 15.0. The normalized spacial score (nSPS) is 10.2. The molecule has 0 amide bonds. The maximum absolute atomic E-state index is 4.38. The molecular formula is C13H16N4. The highest BCUT2D eigenvalue weighted by molar-refractivity contribution is 5.70. The molecule has 0 aliphatic carbocycles. The number of hydrogen-bond donors (Lipinski definition) is 1. The molecule has 0 atom stereocenters. The van der Waals surface area contributed by atoms with Crippen molar-refractivity contribution in [3.63, 3.8) is 0 Å². The first-order valence-electron chi connectivity index (χ1n) is 5.78. The molecular weight excluding hydrogens is 212 g/mol. The molecule has 0 unspecified atom stereocenters. The van der Waals surface area contributed by atoms with Crippen LogP contribution in [0.1, 0.15) is 18.9 Å². The SMILES string of the molecule is CCCNc1nccnc1-c1cncc(C)c1. The minimum absolute atomic E-state index is 0.821. The molecule has 2 aromatic rings. The highest BCUT2D eigenvalue weighted by Gasteiger charge is 2.07. The van der Waals surface area contributed by atoms with Crippen molar-refractivity contribution in [3.05, 3.63) is 36.4 Å². The van der Waals surface area contributed by atoms with Gasteiger partial charge in [-0.25, -0.2) is 4.98 Å². The summed E-state index contributed by atoms with van der Waals surface area (Å²) in [6.07, 6.45) is 8.11. The number of nitrogens with zero attached hydrogens (tertiary/aromatic N) is 3. The van der Waals surface area contributed by atoms with E-state index in [9.17, 15) is 0 Å². The minimum atomic E-state index is 0.821. The average molecular weight is 228 g/mol. The van der Waals surface area contributed by atoms with Crippen LogP contribution in [0.15, 0.2) is 30.9 Å². The van der Waals surface area contributed by atoms with Crippen molar-refractivity contribution >= 4 is 5.82 Å². The maximum Gasteiger partial charge on any atom is 0.152 e. The molecule has 0 aliphatic heterocycles. The molecule has 0 saturated carbocycles. The fourth-order valence-electron chi connectivity index (χ4n) is 1.61. The Labute approximate surface area is 101 Å². The van der Waals surface area contributed by atoms with E-state index in [4.69, 9.17) is 0 Å². The Morgan fingerprint density at radius 3 is 2.76 bits per heavy atom. The lowest BCUT2D eigenvalue weighted by atomic mass is 10.1. The summed E-state index contributed by atoms with van der Waals surface area (Å²) in [6, 6.07) is 2.06. The van der Waals surface area contributed by atoms with Crippen LogP contribution in [0.3, 0.4) is 0 Å². The van der Waals surface area contributed by atoms with Gasteiger partial charge in [-0.3, -0.25) is 9.97 Å². The third-order valence-corrected chi connectivity index (χ3v) is 2.39. The molecule has 4 nitrogen and oxygen atoms in total. The van der Waals surface area contributed by atoms with Crippen molar-refractivity contribution in [2.75, 3.05) is 11.9 Å². The van der Waals surface area contributed by atoms with Gasteiger partial charge in [0.2, 0.25) is 0 Å². The number of nitrogens with one attached hydrogen (secondary N) is 1. The van der Waals surface area contributed by atoms with Gasteiger partial charge in [-0.2, -0.15) is 0 Å². The van der Waals surface area contributed by atoms with Gasteiger partial charge >= 0.3 is 0 Å². The fourth-order valence-corrected chi connectivity index (χ4v) is 1.61. The van der Waals surface area contributed by atoms with Gasteiger partial charge in [-0.05, 0) is 25.0 Å². The third-order valence-electron chi connectivity index (χ3n) is 2.39. The number of hydrogen-bond acceptors (Lipinski definition) is 4. The molecule has 1 N–H and O–H groups in total. The maximum atomic E-state index is 4.38. The van der Waals surface area contributed by atoms with Crippen LogP contribution in [0.4, 0.5) is 5.82 Å². The van der Waals surface area contributed by atoms with Crippen molar-refractivity contribution in [1.29, 1.82) is 0 Å².